The molecule has 0 N–H and O–H groups in total. The molecule has 9 heteroatoms. The van der Waals surface area contributed by atoms with Gasteiger partial charge in [0.15, 0.2) is 0 Å². The van der Waals surface area contributed by atoms with E-state index in [4.69, 9.17) is 5.26 Å². The summed E-state index contributed by atoms with van der Waals surface area (Å²) < 4.78 is 28.3. The number of nitriles is 1. The molecule has 3 aliphatic rings. The first-order chi connectivity index (χ1) is 15.1. The fraction of sp³-hybridized carbons (Fsp3) is 0.500. The molecule has 6 rings (SSSR count). The van der Waals surface area contributed by atoms with Crippen molar-refractivity contribution >= 4 is 11.2 Å². The molecular weight excluding hydrogens is 400 g/mol. The summed E-state index contributed by atoms with van der Waals surface area (Å²) in [5.41, 5.74) is 3.58. The quantitative estimate of drug-likeness (QED) is 0.642. The predicted octanol–water partition coefficient (Wildman–Crippen LogP) is 3.55. The number of anilines is 1. The second kappa shape index (κ2) is 7.02. The lowest BCUT2D eigenvalue weighted by atomic mass is 9.79. The molecule has 0 radical (unpaired) electrons. The van der Waals surface area contributed by atoms with Crippen molar-refractivity contribution in [2.75, 3.05) is 18.0 Å². The Balaban J connectivity index is 1.27. The van der Waals surface area contributed by atoms with Crippen LogP contribution in [-0.4, -0.2) is 55.5 Å². The minimum absolute atomic E-state index is 0.232. The third-order valence-electron chi connectivity index (χ3n) is 7.22. The van der Waals surface area contributed by atoms with E-state index in [2.05, 4.69) is 26.1 Å². The number of hydrogen-bond acceptors (Lipinski definition) is 5. The molecule has 3 fully saturated rings. The Morgan fingerprint density at radius 1 is 1.03 bits per heavy atom. The van der Waals surface area contributed by atoms with Gasteiger partial charge in [-0.15, -0.1) is 0 Å². The SMILES string of the molecule is N#CC1CC(N2[C@H]3CC[C@H]2CN(c2ccnn4cc(-c5cnn(C(F)F)c5)cc24)C3)C1. The predicted molar refractivity (Wildman–Crippen MR) is 111 cm³/mol. The van der Waals surface area contributed by atoms with Crippen LogP contribution in [0.4, 0.5) is 14.5 Å². The van der Waals surface area contributed by atoms with Gasteiger partial charge in [0.25, 0.3) is 0 Å². The lowest BCUT2D eigenvalue weighted by Crippen LogP contribution is -2.60. The van der Waals surface area contributed by atoms with Crippen LogP contribution in [0.3, 0.4) is 0 Å². The Hall–Kier alpha value is -2.99. The molecule has 7 nitrogen and oxygen atoms in total. The number of nitrogens with zero attached hydrogens (tertiary/aromatic N) is 7. The number of aromatic nitrogens is 4. The summed E-state index contributed by atoms with van der Waals surface area (Å²) in [5, 5.41) is 17.3. The highest BCUT2D eigenvalue weighted by Gasteiger charge is 2.47. The van der Waals surface area contributed by atoms with Crippen LogP contribution in [0, 0.1) is 17.2 Å². The van der Waals surface area contributed by atoms with Gasteiger partial charge in [0.2, 0.25) is 0 Å². The molecule has 5 heterocycles. The zero-order valence-corrected chi connectivity index (χ0v) is 17.0. The first kappa shape index (κ1) is 18.8. The van der Waals surface area contributed by atoms with Crippen molar-refractivity contribution in [3.8, 4) is 17.2 Å². The van der Waals surface area contributed by atoms with E-state index in [1.54, 1.807) is 6.20 Å². The molecule has 1 saturated carbocycles. The van der Waals surface area contributed by atoms with E-state index in [1.807, 2.05) is 22.8 Å². The van der Waals surface area contributed by atoms with Gasteiger partial charge in [-0.25, -0.2) is 9.20 Å². The molecule has 2 bridgehead atoms. The molecule has 3 aromatic rings. The second-order valence-electron chi connectivity index (χ2n) is 8.95. The number of halogens is 2. The third-order valence-corrected chi connectivity index (χ3v) is 7.22. The van der Waals surface area contributed by atoms with Gasteiger partial charge in [0.1, 0.15) is 0 Å². The average Bonchev–Trinajstić information content (AvgIpc) is 3.43. The average molecular weight is 423 g/mol. The van der Waals surface area contributed by atoms with Gasteiger partial charge in [-0.3, -0.25) is 4.90 Å². The van der Waals surface area contributed by atoms with Crippen molar-refractivity contribution in [1.29, 1.82) is 5.26 Å². The van der Waals surface area contributed by atoms with Crippen molar-refractivity contribution in [2.24, 2.45) is 5.92 Å². The summed E-state index contributed by atoms with van der Waals surface area (Å²) in [6.07, 6.45) is 10.9. The summed E-state index contributed by atoms with van der Waals surface area (Å²) in [5.74, 6) is 0.232. The van der Waals surface area contributed by atoms with Crippen molar-refractivity contribution in [3.63, 3.8) is 0 Å². The van der Waals surface area contributed by atoms with Gasteiger partial charge >= 0.3 is 6.55 Å². The molecule has 0 spiro atoms. The molecule has 0 unspecified atom stereocenters. The molecular formula is C22H23F2N7. The second-order valence-corrected chi connectivity index (χ2v) is 8.95. The maximum absolute atomic E-state index is 12.9. The topological polar surface area (TPSA) is 65.4 Å². The molecule has 160 valence electrons. The Morgan fingerprint density at radius 3 is 2.48 bits per heavy atom. The van der Waals surface area contributed by atoms with Gasteiger partial charge in [0.05, 0.1) is 23.5 Å². The van der Waals surface area contributed by atoms with Crippen molar-refractivity contribution in [3.05, 3.63) is 36.9 Å². The Bertz CT molecular complexity index is 1140. The van der Waals surface area contributed by atoms with Crippen LogP contribution >= 0.6 is 0 Å². The van der Waals surface area contributed by atoms with Gasteiger partial charge in [-0.1, -0.05) is 0 Å². The van der Waals surface area contributed by atoms with E-state index in [1.165, 1.54) is 25.2 Å². The maximum atomic E-state index is 12.9. The van der Waals surface area contributed by atoms with Crippen molar-refractivity contribution in [2.45, 2.75) is 50.4 Å². The maximum Gasteiger partial charge on any atom is 0.333 e. The normalized spacial score (nSPS) is 28.3. The summed E-state index contributed by atoms with van der Waals surface area (Å²) in [6.45, 7) is -0.716. The first-order valence-corrected chi connectivity index (χ1v) is 10.8. The molecule has 2 saturated heterocycles. The number of rotatable bonds is 4. The van der Waals surface area contributed by atoms with E-state index in [0.29, 0.717) is 28.4 Å². The molecule has 31 heavy (non-hydrogen) atoms. The van der Waals surface area contributed by atoms with Crippen LogP contribution < -0.4 is 4.90 Å². The molecule has 1 aliphatic carbocycles. The van der Waals surface area contributed by atoms with E-state index >= 15 is 0 Å². The highest BCUT2D eigenvalue weighted by Crippen LogP contribution is 2.42. The fourth-order valence-electron chi connectivity index (χ4n) is 5.68. The highest BCUT2D eigenvalue weighted by molar-refractivity contribution is 5.79. The van der Waals surface area contributed by atoms with Gasteiger partial charge in [-0.05, 0) is 37.8 Å². The van der Waals surface area contributed by atoms with E-state index < -0.39 is 6.55 Å². The van der Waals surface area contributed by atoms with E-state index in [-0.39, 0.29) is 5.92 Å². The first-order valence-electron chi connectivity index (χ1n) is 10.8. The zero-order chi connectivity index (χ0) is 21.1. The van der Waals surface area contributed by atoms with Crippen LogP contribution in [0.25, 0.3) is 16.6 Å². The molecule has 3 aromatic heterocycles. The van der Waals surface area contributed by atoms with Crippen molar-refractivity contribution < 1.29 is 8.78 Å². The Labute approximate surface area is 178 Å². The third kappa shape index (κ3) is 3.00. The lowest BCUT2D eigenvalue weighted by Gasteiger charge is -2.49. The highest BCUT2D eigenvalue weighted by atomic mass is 19.3. The fourth-order valence-corrected chi connectivity index (χ4v) is 5.68. The number of piperazine rings is 1. The molecule has 2 atom stereocenters. The van der Waals surface area contributed by atoms with Crippen LogP contribution in [0.5, 0.6) is 0 Å². The van der Waals surface area contributed by atoms with Gasteiger partial charge in [0, 0.05) is 66.9 Å². The van der Waals surface area contributed by atoms with E-state index in [0.717, 1.165) is 42.7 Å². The van der Waals surface area contributed by atoms with Crippen molar-refractivity contribution in [1.82, 2.24) is 24.3 Å². The monoisotopic (exact) mass is 423 g/mol. The number of fused-ring (bicyclic) bond motifs is 3. The molecule has 2 aliphatic heterocycles. The minimum atomic E-state index is -2.65. The summed E-state index contributed by atoms with van der Waals surface area (Å²) >= 11 is 0. The summed E-state index contributed by atoms with van der Waals surface area (Å²) in [6, 6.07) is 8.07. The smallest absolute Gasteiger partial charge is 0.333 e. The molecule has 0 aromatic carbocycles. The van der Waals surface area contributed by atoms with Gasteiger partial charge < -0.3 is 4.90 Å². The number of hydrogen-bond donors (Lipinski definition) is 0. The van der Waals surface area contributed by atoms with E-state index in [9.17, 15) is 8.78 Å². The summed E-state index contributed by atoms with van der Waals surface area (Å²) in [7, 11) is 0. The van der Waals surface area contributed by atoms with Gasteiger partial charge in [-0.2, -0.15) is 24.2 Å². The standard InChI is InChI=1S/C22H23F2N7/c23-22(24)30-11-16(9-27-30)15-7-21-20(3-4-26-29(21)10-15)28-12-17-1-2-18(13-28)31(17)19-5-14(6-19)8-25/h3-4,7,9-11,14,17-19,22H,1-2,5-6,12-13H2/t14?,17-,18-,19?/m0/s1. The number of alkyl halides is 2. The summed E-state index contributed by atoms with van der Waals surface area (Å²) in [4.78, 5) is 5.13. The largest absolute Gasteiger partial charge is 0.367 e. The van der Waals surface area contributed by atoms with Crippen LogP contribution in [-0.2, 0) is 0 Å². The minimum Gasteiger partial charge on any atom is -0.367 e. The molecule has 0 amide bonds. The van der Waals surface area contributed by atoms with Crippen LogP contribution in [0.2, 0.25) is 0 Å². The Morgan fingerprint density at radius 2 is 1.81 bits per heavy atom. The zero-order valence-electron chi connectivity index (χ0n) is 17.0. The van der Waals surface area contributed by atoms with Crippen LogP contribution in [0.15, 0.2) is 36.9 Å². The van der Waals surface area contributed by atoms with Crippen LogP contribution in [0.1, 0.15) is 32.2 Å². The lowest BCUT2D eigenvalue weighted by molar-refractivity contribution is 0.0439. The Kier molecular flexibility index (Phi) is 4.25.